The third-order valence-electron chi connectivity index (χ3n) is 5.70. The number of amides is 2. The number of urea groups is 1. The van der Waals surface area contributed by atoms with Crippen molar-refractivity contribution < 1.29 is 14.3 Å². The quantitative estimate of drug-likeness (QED) is 0.627. The first-order chi connectivity index (χ1) is 15.2. The van der Waals surface area contributed by atoms with Crippen molar-refractivity contribution in [1.82, 2.24) is 19.8 Å². The zero-order valence-electron chi connectivity index (χ0n) is 18.0. The van der Waals surface area contributed by atoms with Crippen LogP contribution in [0.15, 0.2) is 61.2 Å². The molecule has 0 radical (unpaired) electrons. The second-order valence-corrected chi connectivity index (χ2v) is 7.67. The zero-order valence-corrected chi connectivity index (χ0v) is 18.0. The van der Waals surface area contributed by atoms with Gasteiger partial charge in [-0.15, -0.1) is 0 Å². The molecule has 1 aromatic heterocycles. The van der Waals surface area contributed by atoms with Gasteiger partial charge in [-0.1, -0.05) is 24.3 Å². The number of hydrogen-bond acceptors (Lipinski definition) is 4. The molecular formula is C24H28N4O3. The number of ether oxygens (including phenoxy) is 2. The lowest BCUT2D eigenvalue weighted by atomic mass is 10.0. The Morgan fingerprint density at radius 2 is 1.94 bits per heavy atom. The number of imidazole rings is 1. The normalized spacial score (nSPS) is 15.7. The summed E-state index contributed by atoms with van der Waals surface area (Å²) in [4.78, 5) is 18.9. The molecule has 1 N–H and O–H groups in total. The van der Waals surface area contributed by atoms with E-state index in [1.807, 2.05) is 33.9 Å². The second kappa shape index (κ2) is 9.55. The summed E-state index contributed by atoms with van der Waals surface area (Å²) in [5.41, 5.74) is 3.28. The molecule has 7 nitrogen and oxygen atoms in total. The molecule has 0 saturated carbocycles. The highest BCUT2D eigenvalue weighted by atomic mass is 16.5. The van der Waals surface area contributed by atoms with Crippen LogP contribution in [0.25, 0.3) is 0 Å². The molecule has 4 rings (SSSR count). The van der Waals surface area contributed by atoms with E-state index in [9.17, 15) is 4.79 Å². The van der Waals surface area contributed by atoms with Crippen molar-refractivity contribution >= 4 is 6.03 Å². The van der Waals surface area contributed by atoms with Gasteiger partial charge in [0.1, 0.15) is 11.5 Å². The van der Waals surface area contributed by atoms with Crippen LogP contribution in [0.3, 0.4) is 0 Å². The molecule has 0 spiro atoms. The van der Waals surface area contributed by atoms with E-state index in [1.165, 1.54) is 5.56 Å². The molecule has 1 fully saturated rings. The van der Waals surface area contributed by atoms with Gasteiger partial charge in [0.15, 0.2) is 0 Å². The summed E-state index contributed by atoms with van der Waals surface area (Å²) in [5.74, 6) is 1.49. The minimum absolute atomic E-state index is 0.00147. The number of nitrogens with zero attached hydrogens (tertiary/aromatic N) is 3. The SMILES string of the molecule is COc1ccc(C2CCCN2C(=O)NCc2ccc(Cn3ccnc3)cc2)c(OC)c1. The van der Waals surface area contributed by atoms with Crippen LogP contribution < -0.4 is 14.8 Å². The summed E-state index contributed by atoms with van der Waals surface area (Å²) >= 11 is 0. The van der Waals surface area contributed by atoms with Gasteiger partial charge in [0.05, 0.1) is 26.6 Å². The molecule has 1 aliphatic heterocycles. The molecule has 0 aliphatic carbocycles. The van der Waals surface area contributed by atoms with E-state index in [4.69, 9.17) is 9.47 Å². The summed E-state index contributed by atoms with van der Waals surface area (Å²) < 4.78 is 12.9. The van der Waals surface area contributed by atoms with Crippen LogP contribution in [0.4, 0.5) is 4.79 Å². The predicted octanol–water partition coefficient (Wildman–Crippen LogP) is 4.00. The number of benzene rings is 2. The Hall–Kier alpha value is -3.48. The monoisotopic (exact) mass is 420 g/mol. The Morgan fingerprint density at radius 3 is 2.65 bits per heavy atom. The Balaban J connectivity index is 1.38. The van der Waals surface area contributed by atoms with Gasteiger partial charge in [-0.3, -0.25) is 0 Å². The summed E-state index contributed by atoms with van der Waals surface area (Å²) in [6, 6.07) is 14.0. The first kappa shape index (κ1) is 20.8. The Bertz CT molecular complexity index is 1000. The van der Waals surface area contributed by atoms with E-state index < -0.39 is 0 Å². The maximum atomic E-state index is 12.9. The van der Waals surface area contributed by atoms with Gasteiger partial charge in [-0.25, -0.2) is 9.78 Å². The Morgan fingerprint density at radius 1 is 1.13 bits per heavy atom. The van der Waals surface area contributed by atoms with Gasteiger partial charge in [-0.05, 0) is 36.1 Å². The number of carbonyl (C=O) groups excluding carboxylic acids is 1. The number of methoxy groups -OCH3 is 2. The molecule has 31 heavy (non-hydrogen) atoms. The molecule has 0 bridgehead atoms. The molecule has 1 aliphatic rings. The highest BCUT2D eigenvalue weighted by Crippen LogP contribution is 2.38. The summed E-state index contributed by atoms with van der Waals surface area (Å²) in [5, 5.41) is 3.07. The number of aromatic nitrogens is 2. The largest absolute Gasteiger partial charge is 0.497 e. The van der Waals surface area contributed by atoms with E-state index >= 15 is 0 Å². The number of nitrogens with one attached hydrogen (secondary N) is 1. The lowest BCUT2D eigenvalue weighted by molar-refractivity contribution is 0.191. The van der Waals surface area contributed by atoms with Crippen LogP contribution in [-0.2, 0) is 13.1 Å². The van der Waals surface area contributed by atoms with Gasteiger partial charge in [-0.2, -0.15) is 0 Å². The second-order valence-electron chi connectivity index (χ2n) is 7.67. The van der Waals surface area contributed by atoms with Crippen molar-refractivity contribution in [3.63, 3.8) is 0 Å². The van der Waals surface area contributed by atoms with Crippen molar-refractivity contribution in [2.45, 2.75) is 32.0 Å². The Kier molecular flexibility index (Phi) is 6.40. The molecule has 2 aromatic carbocycles. The third kappa shape index (κ3) is 4.82. The fourth-order valence-corrected chi connectivity index (χ4v) is 4.06. The maximum Gasteiger partial charge on any atom is 0.318 e. The molecule has 1 unspecified atom stereocenters. The molecule has 1 atom stereocenters. The van der Waals surface area contributed by atoms with Crippen LogP contribution in [-0.4, -0.2) is 41.2 Å². The topological polar surface area (TPSA) is 68.6 Å². The van der Waals surface area contributed by atoms with Crippen LogP contribution >= 0.6 is 0 Å². The minimum Gasteiger partial charge on any atom is -0.497 e. The fourth-order valence-electron chi connectivity index (χ4n) is 4.06. The van der Waals surface area contributed by atoms with Crippen molar-refractivity contribution in [2.75, 3.05) is 20.8 Å². The van der Waals surface area contributed by atoms with Crippen molar-refractivity contribution in [3.8, 4) is 11.5 Å². The average molecular weight is 421 g/mol. The summed E-state index contributed by atoms with van der Waals surface area (Å²) in [6.45, 7) is 2.01. The maximum absolute atomic E-state index is 12.9. The zero-order chi connectivity index (χ0) is 21.6. The number of rotatable bonds is 7. The fraction of sp³-hybridized carbons (Fsp3) is 0.333. The Labute approximate surface area is 182 Å². The molecule has 3 aromatic rings. The third-order valence-corrected chi connectivity index (χ3v) is 5.70. The van der Waals surface area contributed by atoms with Crippen molar-refractivity contribution in [2.24, 2.45) is 0 Å². The summed E-state index contributed by atoms with van der Waals surface area (Å²) in [7, 11) is 3.28. The van der Waals surface area contributed by atoms with E-state index in [1.54, 1.807) is 26.7 Å². The van der Waals surface area contributed by atoms with Gasteiger partial charge in [0.25, 0.3) is 0 Å². The highest BCUT2D eigenvalue weighted by Gasteiger charge is 2.31. The van der Waals surface area contributed by atoms with Crippen LogP contribution in [0.1, 0.15) is 35.6 Å². The number of hydrogen-bond donors (Lipinski definition) is 1. The van der Waals surface area contributed by atoms with E-state index in [2.05, 4.69) is 34.6 Å². The van der Waals surface area contributed by atoms with Gasteiger partial charge < -0.3 is 24.3 Å². The van der Waals surface area contributed by atoms with E-state index in [-0.39, 0.29) is 12.1 Å². The number of carbonyl (C=O) groups is 1. The molecule has 2 amide bonds. The van der Waals surface area contributed by atoms with Crippen LogP contribution in [0, 0.1) is 0 Å². The molecule has 162 valence electrons. The minimum atomic E-state index is -0.0529. The van der Waals surface area contributed by atoms with Gasteiger partial charge in [0, 0.05) is 43.7 Å². The number of likely N-dealkylation sites (tertiary alicyclic amines) is 1. The first-order valence-corrected chi connectivity index (χ1v) is 10.5. The van der Waals surface area contributed by atoms with E-state index in [0.717, 1.165) is 48.6 Å². The van der Waals surface area contributed by atoms with Crippen LogP contribution in [0.2, 0.25) is 0 Å². The highest BCUT2D eigenvalue weighted by molar-refractivity contribution is 5.75. The van der Waals surface area contributed by atoms with E-state index in [0.29, 0.717) is 6.54 Å². The molecule has 2 heterocycles. The molecular weight excluding hydrogens is 392 g/mol. The van der Waals surface area contributed by atoms with Crippen molar-refractivity contribution in [3.05, 3.63) is 77.9 Å². The lowest BCUT2D eigenvalue weighted by Gasteiger charge is -2.27. The smallest absolute Gasteiger partial charge is 0.318 e. The standard InChI is InChI=1S/C24H28N4O3/c1-30-20-9-10-21(23(14-20)31-2)22-4-3-12-28(22)24(29)26-15-18-5-7-19(8-6-18)16-27-13-11-25-17-27/h5-11,13-14,17,22H,3-4,12,15-16H2,1-2H3,(H,26,29). The molecule has 1 saturated heterocycles. The van der Waals surface area contributed by atoms with Crippen LogP contribution in [0.5, 0.6) is 11.5 Å². The first-order valence-electron chi connectivity index (χ1n) is 10.5. The lowest BCUT2D eigenvalue weighted by Crippen LogP contribution is -2.39. The summed E-state index contributed by atoms with van der Waals surface area (Å²) in [6.07, 6.45) is 7.41. The van der Waals surface area contributed by atoms with Gasteiger partial charge in [0.2, 0.25) is 0 Å². The predicted molar refractivity (Wildman–Crippen MR) is 118 cm³/mol. The van der Waals surface area contributed by atoms with Gasteiger partial charge >= 0.3 is 6.03 Å². The van der Waals surface area contributed by atoms with Crippen molar-refractivity contribution in [1.29, 1.82) is 0 Å². The average Bonchev–Trinajstić information content (AvgIpc) is 3.50. The molecule has 7 heteroatoms.